The number of rotatable bonds is 4. The van der Waals surface area contributed by atoms with Gasteiger partial charge in [-0.1, -0.05) is 5.16 Å². The number of carbonyl (C=O) groups excluding carboxylic acids is 1. The van der Waals surface area contributed by atoms with Crippen LogP contribution in [0.15, 0.2) is 10.7 Å². The molecule has 0 aliphatic heterocycles. The minimum atomic E-state index is -0.192. The molecule has 1 rings (SSSR count). The molecule has 0 aliphatic carbocycles. The van der Waals surface area contributed by atoms with Gasteiger partial charge in [0.2, 0.25) is 5.91 Å². The zero-order valence-corrected chi connectivity index (χ0v) is 9.99. The van der Waals surface area contributed by atoms with Crippen LogP contribution in [0.4, 0.5) is 0 Å². The molecule has 1 heterocycles. The summed E-state index contributed by atoms with van der Waals surface area (Å²) in [6.07, 6.45) is -0.0785. The third-order valence-corrected chi connectivity index (χ3v) is 3.03. The average molecular weight is 242 g/mol. The van der Waals surface area contributed by atoms with Crippen LogP contribution in [0.25, 0.3) is 0 Å². The molecule has 1 aromatic heterocycles. The highest BCUT2D eigenvalue weighted by Gasteiger charge is 2.13. The van der Waals surface area contributed by atoms with Gasteiger partial charge in [0.1, 0.15) is 5.84 Å². The van der Waals surface area contributed by atoms with E-state index in [9.17, 15) is 4.79 Å². The van der Waals surface area contributed by atoms with Gasteiger partial charge in [0.15, 0.2) is 0 Å². The molecule has 88 valence electrons. The number of aromatic nitrogens is 1. The van der Waals surface area contributed by atoms with Crippen molar-refractivity contribution in [3.8, 4) is 0 Å². The smallest absolute Gasteiger partial charge is 0.230 e. The predicted octanol–water partition coefficient (Wildman–Crippen LogP) is 0.546. The molecule has 16 heavy (non-hydrogen) atoms. The molecule has 7 heteroatoms. The number of amides is 1. The van der Waals surface area contributed by atoms with E-state index in [2.05, 4.69) is 10.1 Å². The van der Waals surface area contributed by atoms with E-state index in [0.29, 0.717) is 6.54 Å². The quantitative estimate of drug-likeness (QED) is 0.349. The summed E-state index contributed by atoms with van der Waals surface area (Å²) in [6.45, 7) is 2.39. The molecule has 0 atom stereocenters. The normalized spacial score (nSPS) is 11.5. The molecule has 0 saturated carbocycles. The Morgan fingerprint density at radius 2 is 2.44 bits per heavy atom. The molecule has 1 aromatic rings. The van der Waals surface area contributed by atoms with E-state index in [1.54, 1.807) is 12.6 Å². The first-order chi connectivity index (χ1) is 7.54. The van der Waals surface area contributed by atoms with E-state index >= 15 is 0 Å². The second-order valence-electron chi connectivity index (χ2n) is 3.38. The lowest BCUT2D eigenvalue weighted by Gasteiger charge is -2.15. The van der Waals surface area contributed by atoms with Crippen LogP contribution in [0.5, 0.6) is 0 Å². The van der Waals surface area contributed by atoms with Crippen molar-refractivity contribution in [2.24, 2.45) is 10.9 Å². The molecule has 0 bridgehead atoms. The summed E-state index contributed by atoms with van der Waals surface area (Å²) in [7, 11) is 1.67. The van der Waals surface area contributed by atoms with Gasteiger partial charge in [-0.3, -0.25) is 4.79 Å². The van der Waals surface area contributed by atoms with E-state index in [0.717, 1.165) is 10.6 Å². The molecule has 3 N–H and O–H groups in total. The number of amidine groups is 1. The van der Waals surface area contributed by atoms with E-state index in [1.165, 1.54) is 16.2 Å². The maximum absolute atomic E-state index is 11.6. The number of nitrogens with two attached hydrogens (primary N) is 1. The molecule has 0 fully saturated rings. The minimum Gasteiger partial charge on any atom is -0.409 e. The maximum Gasteiger partial charge on any atom is 0.230 e. The Kier molecular flexibility index (Phi) is 4.24. The van der Waals surface area contributed by atoms with Crippen molar-refractivity contribution in [2.75, 3.05) is 7.05 Å². The predicted molar refractivity (Wildman–Crippen MR) is 61.4 cm³/mol. The number of hydrogen-bond acceptors (Lipinski definition) is 5. The molecule has 0 saturated heterocycles. The van der Waals surface area contributed by atoms with Crippen molar-refractivity contribution in [3.63, 3.8) is 0 Å². The van der Waals surface area contributed by atoms with E-state index < -0.39 is 0 Å². The molecule has 0 aliphatic rings. The number of thiazole rings is 1. The fraction of sp³-hybridized carbons (Fsp3) is 0.444. The lowest BCUT2D eigenvalue weighted by molar-refractivity contribution is -0.129. The summed E-state index contributed by atoms with van der Waals surface area (Å²) in [6, 6.07) is 0. The number of oxime groups is 1. The molecule has 6 nitrogen and oxygen atoms in total. The Morgan fingerprint density at radius 1 is 1.75 bits per heavy atom. The number of nitrogens with zero attached hydrogens (tertiary/aromatic N) is 3. The van der Waals surface area contributed by atoms with Gasteiger partial charge in [0.05, 0.1) is 24.2 Å². The first-order valence-corrected chi connectivity index (χ1v) is 5.52. The van der Waals surface area contributed by atoms with Gasteiger partial charge in [-0.15, -0.1) is 11.3 Å². The van der Waals surface area contributed by atoms with Crippen LogP contribution in [-0.4, -0.2) is 33.9 Å². The average Bonchev–Trinajstić information content (AvgIpc) is 2.64. The molecule has 0 radical (unpaired) electrons. The molecule has 0 unspecified atom stereocenters. The summed E-state index contributed by atoms with van der Waals surface area (Å²) in [5, 5.41) is 11.1. The van der Waals surface area contributed by atoms with Crippen LogP contribution in [-0.2, 0) is 11.3 Å². The van der Waals surface area contributed by atoms with Gasteiger partial charge in [0.25, 0.3) is 0 Å². The Balaban J connectivity index is 2.56. The second kappa shape index (κ2) is 5.45. The number of carbonyl (C=O) groups is 1. The second-order valence-corrected chi connectivity index (χ2v) is 4.32. The van der Waals surface area contributed by atoms with Crippen molar-refractivity contribution in [1.82, 2.24) is 9.88 Å². The van der Waals surface area contributed by atoms with Crippen LogP contribution < -0.4 is 5.73 Å². The molecular formula is C9H14N4O2S. The van der Waals surface area contributed by atoms with Crippen LogP contribution in [0, 0.1) is 6.92 Å². The number of aryl methyl sites for hydroxylation is 1. The van der Waals surface area contributed by atoms with Crippen LogP contribution in [0.3, 0.4) is 0 Å². The topological polar surface area (TPSA) is 91.8 Å². The zero-order chi connectivity index (χ0) is 12.1. The summed E-state index contributed by atoms with van der Waals surface area (Å²) in [5.41, 5.74) is 7.92. The summed E-state index contributed by atoms with van der Waals surface area (Å²) in [4.78, 5) is 18.3. The molecule has 0 aromatic carbocycles. The van der Waals surface area contributed by atoms with Crippen molar-refractivity contribution in [3.05, 3.63) is 16.1 Å². The zero-order valence-electron chi connectivity index (χ0n) is 9.17. The summed E-state index contributed by atoms with van der Waals surface area (Å²) < 4.78 is 0. The minimum absolute atomic E-state index is 0.0785. The van der Waals surface area contributed by atoms with Gasteiger partial charge in [-0.2, -0.15) is 0 Å². The number of hydrogen-bond donors (Lipinski definition) is 2. The fourth-order valence-corrected chi connectivity index (χ4v) is 1.94. The first-order valence-electron chi connectivity index (χ1n) is 4.64. The molecule has 1 amide bonds. The Hall–Kier alpha value is -1.63. The van der Waals surface area contributed by atoms with Crippen molar-refractivity contribution in [1.29, 1.82) is 0 Å². The van der Waals surface area contributed by atoms with E-state index in [-0.39, 0.29) is 18.2 Å². The van der Waals surface area contributed by atoms with E-state index in [4.69, 9.17) is 10.9 Å². The van der Waals surface area contributed by atoms with Gasteiger partial charge >= 0.3 is 0 Å². The Morgan fingerprint density at radius 3 is 2.94 bits per heavy atom. The van der Waals surface area contributed by atoms with Crippen molar-refractivity contribution in [2.45, 2.75) is 19.9 Å². The van der Waals surface area contributed by atoms with Gasteiger partial charge in [0, 0.05) is 11.9 Å². The SMILES string of the molecule is Cc1ncsc1CN(C)C(=O)CC(N)=NO. The third-order valence-electron chi connectivity index (χ3n) is 2.11. The van der Waals surface area contributed by atoms with Gasteiger partial charge < -0.3 is 15.8 Å². The summed E-state index contributed by atoms with van der Waals surface area (Å²) >= 11 is 1.50. The van der Waals surface area contributed by atoms with Crippen LogP contribution >= 0.6 is 11.3 Å². The fourth-order valence-electron chi connectivity index (χ4n) is 1.11. The largest absolute Gasteiger partial charge is 0.409 e. The van der Waals surface area contributed by atoms with Gasteiger partial charge in [-0.25, -0.2) is 4.98 Å². The maximum atomic E-state index is 11.6. The lowest BCUT2D eigenvalue weighted by atomic mass is 10.3. The van der Waals surface area contributed by atoms with Crippen molar-refractivity contribution >= 4 is 23.1 Å². The Bertz CT molecular complexity index is 402. The highest BCUT2D eigenvalue weighted by Crippen LogP contribution is 2.14. The van der Waals surface area contributed by atoms with E-state index in [1.807, 2.05) is 6.92 Å². The third kappa shape index (κ3) is 3.20. The lowest BCUT2D eigenvalue weighted by Crippen LogP contribution is -2.30. The van der Waals surface area contributed by atoms with Gasteiger partial charge in [-0.05, 0) is 6.92 Å². The summed E-state index contributed by atoms with van der Waals surface area (Å²) in [5.74, 6) is -0.277. The molecular weight excluding hydrogens is 228 g/mol. The highest BCUT2D eigenvalue weighted by atomic mass is 32.1. The van der Waals surface area contributed by atoms with Crippen LogP contribution in [0.1, 0.15) is 17.0 Å². The molecule has 0 spiro atoms. The Labute approximate surface area is 97.4 Å². The highest BCUT2D eigenvalue weighted by molar-refractivity contribution is 7.09. The van der Waals surface area contributed by atoms with Crippen LogP contribution in [0.2, 0.25) is 0 Å². The monoisotopic (exact) mass is 242 g/mol. The van der Waals surface area contributed by atoms with Crippen molar-refractivity contribution < 1.29 is 10.0 Å². The first kappa shape index (κ1) is 12.4. The standard InChI is InChI=1S/C9H14N4O2S/c1-6-7(16-5-11-6)4-13(2)9(14)3-8(10)12-15/h5,15H,3-4H2,1-2H3,(H2,10,12).